The van der Waals surface area contributed by atoms with Crippen molar-refractivity contribution in [1.29, 1.82) is 0 Å². The Bertz CT molecular complexity index is 848. The Labute approximate surface area is 157 Å². The third-order valence-electron chi connectivity index (χ3n) is 4.74. The number of anilines is 4. The van der Waals surface area contributed by atoms with Gasteiger partial charge >= 0.3 is 0 Å². The number of rotatable bonds is 7. The van der Waals surface area contributed by atoms with Crippen molar-refractivity contribution in [3.8, 4) is 0 Å². The molecular weight excluding hydrogens is 353 g/mol. The molecular formula is C20H25F3N4. The van der Waals surface area contributed by atoms with Crippen LogP contribution < -0.4 is 21.9 Å². The second-order valence-electron chi connectivity index (χ2n) is 7.75. The van der Waals surface area contributed by atoms with Gasteiger partial charge in [-0.25, -0.2) is 18.6 Å². The Kier molecular flexibility index (Phi) is 5.24. The predicted molar refractivity (Wildman–Crippen MR) is 103 cm³/mol. The minimum atomic E-state index is -1.12. The summed E-state index contributed by atoms with van der Waals surface area (Å²) in [6, 6.07) is 5.39. The second kappa shape index (κ2) is 7.31. The number of hydrazine groups is 1. The molecule has 0 amide bonds. The fourth-order valence-corrected chi connectivity index (χ4v) is 3.26. The first-order chi connectivity index (χ1) is 12.7. The quantitative estimate of drug-likeness (QED) is 0.393. The third kappa shape index (κ3) is 4.30. The predicted octanol–water partition coefficient (Wildman–Crippen LogP) is 5.23. The van der Waals surface area contributed by atoms with E-state index >= 15 is 0 Å². The van der Waals surface area contributed by atoms with Crippen LogP contribution in [0.3, 0.4) is 0 Å². The van der Waals surface area contributed by atoms with E-state index in [1.165, 1.54) is 12.1 Å². The smallest absolute Gasteiger partial charge is 0.184 e. The normalized spacial score (nSPS) is 15.1. The summed E-state index contributed by atoms with van der Waals surface area (Å²) in [6.45, 7) is 6.00. The Morgan fingerprint density at radius 2 is 1.78 bits per heavy atom. The highest BCUT2D eigenvalue weighted by molar-refractivity contribution is 5.84. The Morgan fingerprint density at radius 1 is 1.07 bits per heavy atom. The van der Waals surface area contributed by atoms with Gasteiger partial charge in [0.15, 0.2) is 11.6 Å². The molecule has 0 aliphatic heterocycles. The number of nitrogens with two attached hydrogens (primary N) is 1. The van der Waals surface area contributed by atoms with Gasteiger partial charge in [0.1, 0.15) is 11.5 Å². The molecule has 5 N–H and O–H groups in total. The van der Waals surface area contributed by atoms with Gasteiger partial charge in [-0.05, 0) is 49.8 Å². The van der Waals surface area contributed by atoms with Crippen molar-refractivity contribution in [2.75, 3.05) is 16.5 Å². The van der Waals surface area contributed by atoms with Crippen molar-refractivity contribution in [3.63, 3.8) is 0 Å². The summed E-state index contributed by atoms with van der Waals surface area (Å²) in [6.07, 6.45) is 2.91. The Balaban J connectivity index is 1.90. The van der Waals surface area contributed by atoms with Gasteiger partial charge in [-0.3, -0.25) is 0 Å². The standard InChI is InChI=1S/C20H25F3N4/c1-11(2)10-20(6-7-20)27-26-18-15(24)9-14(22)17(23)19(18)25-16-5-4-12(3)8-13(16)21/h4-5,8-9,11,25-27H,6-7,10,24H2,1-3H3. The van der Waals surface area contributed by atoms with Crippen molar-refractivity contribution >= 4 is 22.7 Å². The van der Waals surface area contributed by atoms with Crippen LogP contribution in [0.25, 0.3) is 0 Å². The molecule has 0 atom stereocenters. The highest BCUT2D eigenvalue weighted by Crippen LogP contribution is 2.42. The Hall–Kier alpha value is -2.41. The second-order valence-corrected chi connectivity index (χ2v) is 7.75. The maximum absolute atomic E-state index is 14.5. The molecule has 0 bridgehead atoms. The van der Waals surface area contributed by atoms with Crippen LogP contribution in [-0.2, 0) is 0 Å². The molecule has 27 heavy (non-hydrogen) atoms. The molecule has 146 valence electrons. The van der Waals surface area contributed by atoms with Gasteiger partial charge in [0.25, 0.3) is 0 Å². The van der Waals surface area contributed by atoms with Gasteiger partial charge in [0.2, 0.25) is 0 Å². The van der Waals surface area contributed by atoms with Crippen LogP contribution in [0.1, 0.15) is 38.7 Å². The van der Waals surface area contributed by atoms with Crippen molar-refractivity contribution in [3.05, 3.63) is 47.3 Å². The van der Waals surface area contributed by atoms with E-state index in [2.05, 4.69) is 30.0 Å². The molecule has 0 saturated heterocycles. The molecule has 7 heteroatoms. The summed E-state index contributed by atoms with van der Waals surface area (Å²) in [7, 11) is 0. The lowest BCUT2D eigenvalue weighted by Crippen LogP contribution is -2.37. The Morgan fingerprint density at radius 3 is 2.37 bits per heavy atom. The minimum absolute atomic E-state index is 0.0248. The lowest BCUT2D eigenvalue weighted by molar-refractivity contribution is 0.426. The maximum atomic E-state index is 14.5. The van der Waals surface area contributed by atoms with Gasteiger partial charge in [-0.15, -0.1) is 0 Å². The fourth-order valence-electron chi connectivity index (χ4n) is 3.26. The molecule has 1 fully saturated rings. The summed E-state index contributed by atoms with van der Waals surface area (Å²) in [4.78, 5) is 0. The first kappa shape index (κ1) is 19.4. The lowest BCUT2D eigenvalue weighted by Gasteiger charge is -2.24. The summed E-state index contributed by atoms with van der Waals surface area (Å²) in [5, 5.41) is 2.64. The molecule has 4 nitrogen and oxygen atoms in total. The van der Waals surface area contributed by atoms with E-state index in [9.17, 15) is 13.2 Å². The van der Waals surface area contributed by atoms with Crippen LogP contribution >= 0.6 is 0 Å². The van der Waals surface area contributed by atoms with E-state index in [1.807, 2.05) is 0 Å². The summed E-state index contributed by atoms with van der Waals surface area (Å²) >= 11 is 0. The number of nitrogens with one attached hydrogen (secondary N) is 3. The zero-order chi connectivity index (χ0) is 19.8. The average molecular weight is 378 g/mol. The third-order valence-corrected chi connectivity index (χ3v) is 4.74. The van der Waals surface area contributed by atoms with Crippen LogP contribution in [0.5, 0.6) is 0 Å². The molecule has 1 aliphatic carbocycles. The van der Waals surface area contributed by atoms with Crippen LogP contribution in [0.2, 0.25) is 0 Å². The molecule has 2 aromatic rings. The molecule has 3 rings (SSSR count). The molecule has 1 aliphatic rings. The number of benzene rings is 2. The van der Waals surface area contributed by atoms with Gasteiger partial charge in [0.05, 0.1) is 17.1 Å². The number of hydrogen-bond acceptors (Lipinski definition) is 4. The summed E-state index contributed by atoms with van der Waals surface area (Å²) in [5.74, 6) is -2.29. The van der Waals surface area contributed by atoms with Crippen molar-refractivity contribution < 1.29 is 13.2 Å². The SMILES string of the molecule is Cc1ccc(Nc2c(F)c(F)cc(N)c2NNC2(CC(C)C)CC2)c(F)c1. The van der Waals surface area contributed by atoms with Gasteiger partial charge < -0.3 is 16.5 Å². The highest BCUT2D eigenvalue weighted by atomic mass is 19.2. The zero-order valence-electron chi connectivity index (χ0n) is 15.7. The van der Waals surface area contributed by atoms with E-state index in [4.69, 9.17) is 5.73 Å². The average Bonchev–Trinajstić information content (AvgIpc) is 3.32. The largest absolute Gasteiger partial charge is 0.397 e. The first-order valence-electron chi connectivity index (χ1n) is 9.04. The number of halogens is 3. The monoisotopic (exact) mass is 378 g/mol. The molecule has 2 aromatic carbocycles. The van der Waals surface area contributed by atoms with Crippen molar-refractivity contribution in [2.45, 2.75) is 45.6 Å². The topological polar surface area (TPSA) is 62.1 Å². The molecule has 1 saturated carbocycles. The maximum Gasteiger partial charge on any atom is 0.184 e. The first-order valence-corrected chi connectivity index (χ1v) is 9.04. The van der Waals surface area contributed by atoms with E-state index < -0.39 is 17.5 Å². The molecule has 0 heterocycles. The van der Waals surface area contributed by atoms with E-state index in [-0.39, 0.29) is 28.3 Å². The van der Waals surface area contributed by atoms with Gasteiger partial charge in [-0.2, -0.15) is 0 Å². The molecule has 0 aromatic heterocycles. The van der Waals surface area contributed by atoms with Crippen LogP contribution in [-0.4, -0.2) is 5.54 Å². The van der Waals surface area contributed by atoms with E-state index in [0.717, 1.165) is 30.9 Å². The van der Waals surface area contributed by atoms with Crippen LogP contribution in [0.4, 0.5) is 35.9 Å². The van der Waals surface area contributed by atoms with Gasteiger partial charge in [0, 0.05) is 11.6 Å². The highest BCUT2D eigenvalue weighted by Gasteiger charge is 2.43. The summed E-state index contributed by atoms with van der Waals surface area (Å²) < 4.78 is 42.6. The van der Waals surface area contributed by atoms with Gasteiger partial charge in [-0.1, -0.05) is 19.9 Å². The lowest BCUT2D eigenvalue weighted by atomic mass is 10.0. The number of aryl methyl sites for hydroxylation is 1. The number of hydrogen-bond donors (Lipinski definition) is 4. The zero-order valence-corrected chi connectivity index (χ0v) is 15.7. The number of nitrogen functional groups attached to an aromatic ring is 1. The van der Waals surface area contributed by atoms with E-state index in [1.54, 1.807) is 13.0 Å². The van der Waals surface area contributed by atoms with Crippen molar-refractivity contribution in [1.82, 2.24) is 5.43 Å². The van der Waals surface area contributed by atoms with Crippen molar-refractivity contribution in [2.24, 2.45) is 5.92 Å². The summed E-state index contributed by atoms with van der Waals surface area (Å²) in [5.41, 5.74) is 12.7. The molecule has 0 radical (unpaired) electrons. The molecule has 0 spiro atoms. The minimum Gasteiger partial charge on any atom is -0.397 e. The van der Waals surface area contributed by atoms with Crippen LogP contribution in [0.15, 0.2) is 24.3 Å². The van der Waals surface area contributed by atoms with E-state index in [0.29, 0.717) is 5.92 Å². The van der Waals surface area contributed by atoms with Crippen LogP contribution in [0, 0.1) is 30.3 Å². The molecule has 0 unspecified atom stereocenters. The fraction of sp³-hybridized carbons (Fsp3) is 0.400.